The number of aryl methyl sites for hydroxylation is 1. The zero-order valence-corrected chi connectivity index (χ0v) is 11.6. The predicted octanol–water partition coefficient (Wildman–Crippen LogP) is 3.09. The van der Waals surface area contributed by atoms with Crippen molar-refractivity contribution in [3.63, 3.8) is 0 Å². The maximum Gasteiger partial charge on any atom is 0.219 e. The monoisotopic (exact) mass is 262 g/mol. The van der Waals surface area contributed by atoms with Crippen molar-refractivity contribution in [2.45, 2.75) is 25.2 Å². The number of rotatable bonds is 5. The molecule has 0 saturated carbocycles. The van der Waals surface area contributed by atoms with E-state index in [0.29, 0.717) is 6.42 Å². The molecule has 0 bridgehead atoms. The van der Waals surface area contributed by atoms with E-state index in [4.69, 9.17) is 0 Å². The van der Waals surface area contributed by atoms with Crippen LogP contribution >= 0.6 is 11.8 Å². The van der Waals surface area contributed by atoms with E-state index in [1.165, 1.54) is 21.5 Å². The van der Waals surface area contributed by atoms with Crippen LogP contribution in [-0.2, 0) is 4.79 Å². The average Bonchev–Trinajstić information content (AvgIpc) is 2.70. The second-order valence-corrected chi connectivity index (χ2v) is 5.28. The minimum atomic E-state index is 0.117. The van der Waals surface area contributed by atoms with Crippen LogP contribution in [0, 0.1) is 6.92 Å². The van der Waals surface area contributed by atoms with Crippen LogP contribution in [0.2, 0.25) is 0 Å². The van der Waals surface area contributed by atoms with Crippen LogP contribution < -0.4 is 5.32 Å². The maximum atomic E-state index is 11.1. The third kappa shape index (κ3) is 2.88. The lowest BCUT2D eigenvalue weighted by atomic mass is 10.2. The summed E-state index contributed by atoms with van der Waals surface area (Å²) in [5, 5.41) is 4.16. The zero-order valence-electron chi connectivity index (χ0n) is 10.7. The summed E-state index contributed by atoms with van der Waals surface area (Å²) in [4.78, 5) is 15.8. The summed E-state index contributed by atoms with van der Waals surface area (Å²) >= 11 is 1.79. The molecule has 0 aliphatic rings. The molecular formula is C14H18N2OS. The molecule has 1 aromatic heterocycles. The van der Waals surface area contributed by atoms with Crippen LogP contribution in [0.3, 0.4) is 0 Å². The van der Waals surface area contributed by atoms with Gasteiger partial charge in [-0.25, -0.2) is 0 Å². The van der Waals surface area contributed by atoms with Crippen molar-refractivity contribution in [1.82, 2.24) is 10.3 Å². The minimum absolute atomic E-state index is 0.117. The molecule has 0 aliphatic heterocycles. The average molecular weight is 262 g/mol. The van der Waals surface area contributed by atoms with Gasteiger partial charge >= 0.3 is 0 Å². The van der Waals surface area contributed by atoms with E-state index in [9.17, 15) is 4.79 Å². The fourth-order valence-electron chi connectivity index (χ4n) is 1.91. The summed E-state index contributed by atoms with van der Waals surface area (Å²) < 4.78 is 0. The molecule has 2 N–H and O–H groups in total. The number of fused-ring (bicyclic) bond motifs is 1. The van der Waals surface area contributed by atoms with E-state index >= 15 is 0 Å². The minimum Gasteiger partial charge on any atom is -0.358 e. The van der Waals surface area contributed by atoms with Gasteiger partial charge in [-0.15, -0.1) is 11.8 Å². The molecule has 1 aromatic carbocycles. The van der Waals surface area contributed by atoms with Gasteiger partial charge in [-0.3, -0.25) is 4.79 Å². The summed E-state index contributed by atoms with van der Waals surface area (Å²) in [5.74, 6) is 1.01. The largest absolute Gasteiger partial charge is 0.358 e. The van der Waals surface area contributed by atoms with E-state index in [2.05, 4.69) is 35.4 Å². The Balaban J connectivity index is 1.99. The van der Waals surface area contributed by atoms with E-state index in [1.807, 2.05) is 13.0 Å². The molecule has 0 spiro atoms. The Morgan fingerprint density at radius 1 is 1.39 bits per heavy atom. The number of hydrogen-bond donors (Lipinski definition) is 2. The first-order valence-corrected chi connectivity index (χ1v) is 7.17. The van der Waals surface area contributed by atoms with Crippen LogP contribution in [0.25, 0.3) is 10.9 Å². The fraction of sp³-hybridized carbons (Fsp3) is 0.357. The summed E-state index contributed by atoms with van der Waals surface area (Å²) in [6.45, 7) is 4.68. The van der Waals surface area contributed by atoms with Gasteiger partial charge in [0, 0.05) is 40.2 Å². The number of para-hydroxylation sites is 1. The van der Waals surface area contributed by atoms with Crippen LogP contribution in [0.4, 0.5) is 0 Å². The molecule has 0 fully saturated rings. The SMILES string of the molecule is CCC(=O)NCCSc1c(C)[nH]c2ccccc12. The van der Waals surface area contributed by atoms with Crippen molar-refractivity contribution < 1.29 is 4.79 Å². The maximum absolute atomic E-state index is 11.1. The second-order valence-electron chi connectivity index (χ2n) is 4.18. The molecule has 0 saturated heterocycles. The molecule has 0 atom stereocenters. The van der Waals surface area contributed by atoms with Crippen molar-refractivity contribution in [2.75, 3.05) is 12.3 Å². The molecule has 0 unspecified atom stereocenters. The molecule has 2 rings (SSSR count). The molecule has 4 heteroatoms. The van der Waals surface area contributed by atoms with Gasteiger partial charge < -0.3 is 10.3 Å². The molecule has 1 amide bonds. The number of carbonyl (C=O) groups excluding carboxylic acids is 1. The fourth-order valence-corrected chi connectivity index (χ4v) is 2.91. The number of hydrogen-bond acceptors (Lipinski definition) is 2. The third-order valence-corrected chi connectivity index (χ3v) is 4.05. The van der Waals surface area contributed by atoms with Crippen LogP contribution in [0.1, 0.15) is 19.0 Å². The smallest absolute Gasteiger partial charge is 0.219 e. The molecule has 0 aliphatic carbocycles. The number of aromatic nitrogens is 1. The lowest BCUT2D eigenvalue weighted by molar-refractivity contribution is -0.120. The van der Waals surface area contributed by atoms with Gasteiger partial charge in [0.2, 0.25) is 5.91 Å². The molecule has 0 radical (unpaired) electrons. The highest BCUT2D eigenvalue weighted by Gasteiger charge is 2.07. The lowest BCUT2D eigenvalue weighted by Crippen LogP contribution is -2.24. The van der Waals surface area contributed by atoms with Crippen LogP contribution in [0.5, 0.6) is 0 Å². The van der Waals surface area contributed by atoms with Gasteiger partial charge in [0.25, 0.3) is 0 Å². The van der Waals surface area contributed by atoms with Crippen molar-refractivity contribution >= 4 is 28.6 Å². The van der Waals surface area contributed by atoms with E-state index < -0.39 is 0 Å². The Morgan fingerprint density at radius 2 is 2.17 bits per heavy atom. The van der Waals surface area contributed by atoms with Gasteiger partial charge in [-0.05, 0) is 13.0 Å². The lowest BCUT2D eigenvalue weighted by Gasteiger charge is -2.03. The Hall–Kier alpha value is -1.42. The standard InChI is InChI=1S/C14H18N2OS/c1-3-13(17)15-8-9-18-14-10(2)16-12-7-5-4-6-11(12)14/h4-7,16H,3,8-9H2,1-2H3,(H,15,17). The first-order valence-electron chi connectivity index (χ1n) is 6.19. The summed E-state index contributed by atoms with van der Waals surface area (Å²) in [7, 11) is 0. The quantitative estimate of drug-likeness (QED) is 0.642. The number of benzene rings is 1. The van der Waals surface area contributed by atoms with Crippen LogP contribution in [-0.4, -0.2) is 23.2 Å². The summed E-state index contributed by atoms with van der Waals surface area (Å²) in [5.41, 5.74) is 2.37. The summed E-state index contributed by atoms with van der Waals surface area (Å²) in [6.07, 6.45) is 0.552. The highest BCUT2D eigenvalue weighted by molar-refractivity contribution is 7.99. The third-order valence-electron chi connectivity index (χ3n) is 2.83. The molecule has 3 nitrogen and oxygen atoms in total. The van der Waals surface area contributed by atoms with E-state index in [1.54, 1.807) is 11.8 Å². The second kappa shape index (κ2) is 5.96. The van der Waals surface area contributed by atoms with Gasteiger partial charge in [0.05, 0.1) is 0 Å². The normalized spacial score (nSPS) is 10.8. The first-order chi connectivity index (χ1) is 8.72. The highest BCUT2D eigenvalue weighted by Crippen LogP contribution is 2.30. The zero-order chi connectivity index (χ0) is 13.0. The Bertz CT molecular complexity index is 548. The van der Waals surface area contributed by atoms with Crippen molar-refractivity contribution in [2.24, 2.45) is 0 Å². The molecule has 18 heavy (non-hydrogen) atoms. The number of nitrogens with one attached hydrogen (secondary N) is 2. The summed E-state index contributed by atoms with van der Waals surface area (Å²) in [6, 6.07) is 8.31. The Kier molecular flexibility index (Phi) is 4.31. The number of amides is 1. The number of aromatic amines is 1. The molecule has 1 heterocycles. The predicted molar refractivity (Wildman–Crippen MR) is 77.1 cm³/mol. The van der Waals surface area contributed by atoms with Gasteiger partial charge in [-0.1, -0.05) is 25.1 Å². The number of H-pyrrole nitrogens is 1. The van der Waals surface area contributed by atoms with E-state index in [0.717, 1.165) is 12.3 Å². The van der Waals surface area contributed by atoms with Crippen molar-refractivity contribution in [1.29, 1.82) is 0 Å². The van der Waals surface area contributed by atoms with Crippen LogP contribution in [0.15, 0.2) is 29.2 Å². The molecule has 96 valence electrons. The number of carbonyl (C=O) groups is 1. The highest BCUT2D eigenvalue weighted by atomic mass is 32.2. The first kappa shape index (κ1) is 13.0. The molecule has 2 aromatic rings. The Morgan fingerprint density at radius 3 is 2.94 bits per heavy atom. The molecular weight excluding hydrogens is 244 g/mol. The van der Waals surface area contributed by atoms with E-state index in [-0.39, 0.29) is 5.91 Å². The number of thioether (sulfide) groups is 1. The van der Waals surface area contributed by atoms with Gasteiger partial charge in [0.1, 0.15) is 0 Å². The topological polar surface area (TPSA) is 44.9 Å². The van der Waals surface area contributed by atoms with Crippen molar-refractivity contribution in [3.05, 3.63) is 30.0 Å². The van der Waals surface area contributed by atoms with Crippen molar-refractivity contribution in [3.8, 4) is 0 Å². The van der Waals surface area contributed by atoms with Gasteiger partial charge in [0.15, 0.2) is 0 Å². The van der Waals surface area contributed by atoms with Gasteiger partial charge in [-0.2, -0.15) is 0 Å². The Labute approximate surface area is 111 Å².